The van der Waals surface area contributed by atoms with E-state index in [1.54, 1.807) is 7.11 Å². The van der Waals surface area contributed by atoms with Gasteiger partial charge in [0.15, 0.2) is 0 Å². The fourth-order valence-corrected chi connectivity index (χ4v) is 2.83. The van der Waals surface area contributed by atoms with Crippen molar-refractivity contribution in [1.29, 1.82) is 0 Å². The van der Waals surface area contributed by atoms with Gasteiger partial charge in [0.2, 0.25) is 0 Å². The Balaban J connectivity index is 2.15. The Labute approximate surface area is 108 Å². The monoisotopic (exact) mass is 253 g/mol. The van der Waals surface area contributed by atoms with E-state index < -0.39 is 0 Å². The molecule has 0 radical (unpaired) electrons. The highest BCUT2D eigenvalue weighted by molar-refractivity contribution is 6.33. The van der Waals surface area contributed by atoms with Gasteiger partial charge in [-0.15, -0.1) is 0 Å². The number of methoxy groups -OCH3 is 1. The van der Waals surface area contributed by atoms with Gasteiger partial charge in [-0.25, -0.2) is 0 Å². The molecule has 1 aromatic rings. The van der Waals surface area contributed by atoms with Crippen LogP contribution >= 0.6 is 11.6 Å². The molecule has 1 heterocycles. The van der Waals surface area contributed by atoms with Crippen molar-refractivity contribution in [1.82, 2.24) is 5.32 Å². The number of hydrogen-bond acceptors (Lipinski definition) is 2. The predicted octanol–water partition coefficient (Wildman–Crippen LogP) is 3.34. The molecule has 0 aromatic heterocycles. The molecule has 1 unspecified atom stereocenters. The lowest BCUT2D eigenvalue weighted by Crippen LogP contribution is -2.35. The minimum atomic E-state index is 0.564. The summed E-state index contributed by atoms with van der Waals surface area (Å²) >= 11 is 6.38. The van der Waals surface area contributed by atoms with E-state index in [0.29, 0.717) is 6.04 Å². The van der Waals surface area contributed by atoms with Crippen LogP contribution in [0.3, 0.4) is 0 Å². The molecule has 2 rings (SSSR count). The zero-order valence-corrected chi connectivity index (χ0v) is 11.3. The third-order valence-electron chi connectivity index (χ3n) is 3.46. The maximum absolute atomic E-state index is 6.38. The van der Waals surface area contributed by atoms with Crippen LogP contribution in [0.15, 0.2) is 12.1 Å². The number of rotatable bonds is 3. The lowest BCUT2D eigenvalue weighted by molar-refractivity contribution is 0.396. The molecule has 1 aliphatic heterocycles. The minimum Gasteiger partial charge on any atom is -0.495 e. The largest absolute Gasteiger partial charge is 0.495 e. The van der Waals surface area contributed by atoms with Crippen LogP contribution in [0, 0.1) is 6.92 Å². The molecule has 0 saturated carbocycles. The van der Waals surface area contributed by atoms with Gasteiger partial charge in [-0.1, -0.05) is 30.2 Å². The third-order valence-corrected chi connectivity index (χ3v) is 3.87. The zero-order chi connectivity index (χ0) is 12.3. The highest BCUT2D eigenvalue weighted by atomic mass is 35.5. The van der Waals surface area contributed by atoms with Crippen molar-refractivity contribution in [2.24, 2.45) is 0 Å². The van der Waals surface area contributed by atoms with Crippen molar-refractivity contribution in [3.05, 3.63) is 28.3 Å². The lowest BCUT2D eigenvalue weighted by atomic mass is 9.97. The van der Waals surface area contributed by atoms with E-state index in [-0.39, 0.29) is 0 Å². The van der Waals surface area contributed by atoms with Crippen LogP contribution in [-0.2, 0) is 6.42 Å². The molecular weight excluding hydrogens is 234 g/mol. The SMILES string of the molecule is COc1c(C)ccc(CC2CCCCN2)c1Cl. The van der Waals surface area contributed by atoms with Crippen LogP contribution in [0.25, 0.3) is 0 Å². The van der Waals surface area contributed by atoms with Gasteiger partial charge in [-0.3, -0.25) is 0 Å². The summed E-state index contributed by atoms with van der Waals surface area (Å²) in [5.41, 5.74) is 2.28. The van der Waals surface area contributed by atoms with Gasteiger partial charge >= 0.3 is 0 Å². The quantitative estimate of drug-likeness (QED) is 0.892. The lowest BCUT2D eigenvalue weighted by Gasteiger charge is -2.24. The maximum Gasteiger partial charge on any atom is 0.140 e. The second kappa shape index (κ2) is 5.74. The molecule has 0 aliphatic carbocycles. The average Bonchev–Trinajstić information content (AvgIpc) is 2.35. The summed E-state index contributed by atoms with van der Waals surface area (Å²) in [6.07, 6.45) is 4.85. The van der Waals surface area contributed by atoms with Crippen molar-refractivity contribution in [2.75, 3.05) is 13.7 Å². The minimum absolute atomic E-state index is 0.564. The zero-order valence-electron chi connectivity index (χ0n) is 10.6. The Hall–Kier alpha value is -0.730. The summed E-state index contributed by atoms with van der Waals surface area (Å²) in [5.74, 6) is 0.819. The van der Waals surface area contributed by atoms with Crippen LogP contribution in [0.1, 0.15) is 30.4 Å². The molecule has 1 aromatic carbocycles. The second-order valence-corrected chi connectivity index (χ2v) is 5.12. The molecule has 2 nitrogen and oxygen atoms in total. The number of nitrogens with one attached hydrogen (secondary N) is 1. The first-order chi connectivity index (χ1) is 8.22. The Morgan fingerprint density at radius 2 is 2.24 bits per heavy atom. The predicted molar refractivity (Wildman–Crippen MR) is 72.1 cm³/mol. The van der Waals surface area contributed by atoms with Crippen molar-refractivity contribution < 1.29 is 4.74 Å². The molecule has 94 valence electrons. The van der Waals surface area contributed by atoms with Crippen molar-refractivity contribution >= 4 is 11.6 Å². The van der Waals surface area contributed by atoms with E-state index in [1.807, 2.05) is 6.92 Å². The standard InChI is InChI=1S/C14H20ClNO/c1-10-6-7-11(13(15)14(10)17-2)9-12-5-3-4-8-16-12/h6-7,12,16H,3-5,8-9H2,1-2H3. The second-order valence-electron chi connectivity index (χ2n) is 4.74. The van der Waals surface area contributed by atoms with E-state index in [4.69, 9.17) is 16.3 Å². The molecule has 1 N–H and O–H groups in total. The Morgan fingerprint density at radius 1 is 1.41 bits per heavy atom. The first kappa shape index (κ1) is 12.7. The Bertz CT molecular complexity index is 386. The van der Waals surface area contributed by atoms with Gasteiger partial charge < -0.3 is 10.1 Å². The number of hydrogen-bond donors (Lipinski definition) is 1. The molecule has 1 fully saturated rings. The summed E-state index contributed by atoms with van der Waals surface area (Å²) in [7, 11) is 1.68. The summed E-state index contributed by atoms with van der Waals surface area (Å²) in [4.78, 5) is 0. The summed E-state index contributed by atoms with van der Waals surface area (Å²) in [5, 5.41) is 4.33. The van der Waals surface area contributed by atoms with E-state index in [0.717, 1.165) is 29.3 Å². The third kappa shape index (κ3) is 2.93. The Kier molecular flexibility index (Phi) is 4.30. The van der Waals surface area contributed by atoms with Crippen LogP contribution in [0.5, 0.6) is 5.75 Å². The van der Waals surface area contributed by atoms with Gasteiger partial charge in [0.05, 0.1) is 12.1 Å². The van der Waals surface area contributed by atoms with Gasteiger partial charge in [0.1, 0.15) is 5.75 Å². The van der Waals surface area contributed by atoms with Crippen molar-refractivity contribution in [3.8, 4) is 5.75 Å². The highest BCUT2D eigenvalue weighted by Crippen LogP contribution is 2.32. The number of piperidine rings is 1. The molecule has 0 bridgehead atoms. The van der Waals surface area contributed by atoms with Crippen LogP contribution in [0.4, 0.5) is 0 Å². The van der Waals surface area contributed by atoms with E-state index in [9.17, 15) is 0 Å². The molecule has 1 atom stereocenters. The van der Waals surface area contributed by atoms with Gasteiger partial charge in [-0.05, 0) is 43.9 Å². The number of halogens is 1. The van der Waals surface area contributed by atoms with Crippen molar-refractivity contribution in [3.63, 3.8) is 0 Å². The van der Waals surface area contributed by atoms with Crippen molar-refractivity contribution in [2.45, 2.75) is 38.6 Å². The van der Waals surface area contributed by atoms with Crippen LogP contribution < -0.4 is 10.1 Å². The van der Waals surface area contributed by atoms with Gasteiger partial charge in [0.25, 0.3) is 0 Å². The topological polar surface area (TPSA) is 21.3 Å². The fraction of sp³-hybridized carbons (Fsp3) is 0.571. The maximum atomic E-state index is 6.38. The fourth-order valence-electron chi connectivity index (χ4n) is 2.47. The van der Waals surface area contributed by atoms with Crippen LogP contribution in [-0.4, -0.2) is 19.7 Å². The van der Waals surface area contributed by atoms with Crippen LogP contribution in [0.2, 0.25) is 5.02 Å². The van der Waals surface area contributed by atoms with E-state index >= 15 is 0 Å². The number of benzene rings is 1. The van der Waals surface area contributed by atoms with Gasteiger partial charge in [-0.2, -0.15) is 0 Å². The highest BCUT2D eigenvalue weighted by Gasteiger charge is 2.16. The molecule has 3 heteroatoms. The number of aryl methyl sites for hydroxylation is 1. The number of ether oxygens (including phenoxy) is 1. The Morgan fingerprint density at radius 3 is 2.88 bits per heavy atom. The average molecular weight is 254 g/mol. The smallest absolute Gasteiger partial charge is 0.140 e. The first-order valence-electron chi connectivity index (χ1n) is 6.27. The molecule has 1 aliphatic rings. The normalized spacial score (nSPS) is 20.3. The summed E-state index contributed by atoms with van der Waals surface area (Å²) < 4.78 is 5.35. The summed E-state index contributed by atoms with van der Waals surface area (Å²) in [6, 6.07) is 4.77. The molecule has 1 saturated heterocycles. The summed E-state index contributed by atoms with van der Waals surface area (Å²) in [6.45, 7) is 3.15. The molecular formula is C14H20ClNO. The van der Waals surface area contributed by atoms with E-state index in [1.165, 1.54) is 24.8 Å². The van der Waals surface area contributed by atoms with Gasteiger partial charge in [0, 0.05) is 6.04 Å². The molecule has 0 amide bonds. The first-order valence-corrected chi connectivity index (χ1v) is 6.65. The molecule has 0 spiro atoms. The van der Waals surface area contributed by atoms with E-state index in [2.05, 4.69) is 17.4 Å². The molecule has 17 heavy (non-hydrogen) atoms.